The quantitative estimate of drug-likeness (QED) is 0.735. The van der Waals surface area contributed by atoms with Crippen molar-refractivity contribution >= 4 is 0 Å². The van der Waals surface area contributed by atoms with E-state index in [1.807, 2.05) is 36.5 Å². The molecule has 0 saturated carbocycles. The number of benzene rings is 1. The molecule has 0 amide bonds. The molecule has 0 unspecified atom stereocenters. The molecule has 20 heavy (non-hydrogen) atoms. The van der Waals surface area contributed by atoms with Crippen molar-refractivity contribution in [1.29, 1.82) is 0 Å². The maximum Gasteiger partial charge on any atom is 0.127 e. The van der Waals surface area contributed by atoms with Gasteiger partial charge in [0.15, 0.2) is 0 Å². The molecule has 0 bridgehead atoms. The van der Waals surface area contributed by atoms with Gasteiger partial charge < -0.3 is 0 Å². The lowest BCUT2D eigenvalue weighted by Gasteiger charge is -2.09. The largest absolute Gasteiger partial charge is 0.207 e. The normalized spacial score (nSPS) is 16.7. The molecule has 0 aromatic heterocycles. The second-order valence-corrected chi connectivity index (χ2v) is 5.30. The molecule has 0 aliphatic heterocycles. The lowest BCUT2D eigenvalue weighted by molar-refractivity contribution is 0.577. The van der Waals surface area contributed by atoms with Crippen molar-refractivity contribution in [1.82, 2.24) is 0 Å². The predicted octanol–water partition coefficient (Wildman–Crippen LogP) is 4.82. The third-order valence-electron chi connectivity index (χ3n) is 3.75. The maximum absolute atomic E-state index is 14.1. The van der Waals surface area contributed by atoms with E-state index in [4.69, 9.17) is 0 Å². The lowest BCUT2D eigenvalue weighted by atomic mass is 9.98. The van der Waals surface area contributed by atoms with E-state index in [0.29, 0.717) is 24.0 Å². The Bertz CT molecular complexity index is 588. The Morgan fingerprint density at radius 3 is 1.55 bits per heavy atom. The summed E-state index contributed by atoms with van der Waals surface area (Å²) >= 11 is 0. The summed E-state index contributed by atoms with van der Waals surface area (Å²) in [6.45, 7) is 0. The third-order valence-corrected chi connectivity index (χ3v) is 3.75. The number of hydrogen-bond acceptors (Lipinski definition) is 0. The van der Waals surface area contributed by atoms with E-state index in [0.717, 1.165) is 24.0 Å². The smallest absolute Gasteiger partial charge is 0.127 e. The summed E-state index contributed by atoms with van der Waals surface area (Å²) in [5, 5.41) is 0. The van der Waals surface area contributed by atoms with Crippen molar-refractivity contribution in [2.24, 2.45) is 0 Å². The van der Waals surface area contributed by atoms with E-state index in [1.165, 1.54) is 12.1 Å². The van der Waals surface area contributed by atoms with Gasteiger partial charge in [-0.15, -0.1) is 0 Å². The van der Waals surface area contributed by atoms with Crippen LogP contribution in [0.1, 0.15) is 24.0 Å². The van der Waals surface area contributed by atoms with Crippen LogP contribution in [0, 0.1) is 11.6 Å². The first-order valence-corrected chi connectivity index (χ1v) is 6.88. The summed E-state index contributed by atoms with van der Waals surface area (Å²) in [7, 11) is 0. The third kappa shape index (κ3) is 2.79. The van der Waals surface area contributed by atoms with Crippen molar-refractivity contribution in [3.63, 3.8) is 0 Å². The molecular formula is C18H16F2. The molecule has 1 aromatic carbocycles. The summed E-state index contributed by atoms with van der Waals surface area (Å²) in [6, 6.07) is 2.71. The summed E-state index contributed by atoms with van der Waals surface area (Å²) in [5.41, 5.74) is 3.14. The van der Waals surface area contributed by atoms with Gasteiger partial charge in [0, 0.05) is 0 Å². The number of allylic oxidation sites excluding steroid dienone is 8. The van der Waals surface area contributed by atoms with Crippen LogP contribution in [0.25, 0.3) is 0 Å². The monoisotopic (exact) mass is 270 g/mol. The molecule has 3 rings (SSSR count). The Hall–Kier alpha value is -1.96. The summed E-state index contributed by atoms with van der Waals surface area (Å²) in [6.07, 6.45) is 14.5. The molecule has 0 saturated heterocycles. The van der Waals surface area contributed by atoms with Gasteiger partial charge in [-0.2, -0.15) is 0 Å². The van der Waals surface area contributed by atoms with Gasteiger partial charge in [0.25, 0.3) is 0 Å². The van der Waals surface area contributed by atoms with Crippen molar-refractivity contribution in [2.45, 2.75) is 25.7 Å². The van der Waals surface area contributed by atoms with E-state index in [-0.39, 0.29) is 11.6 Å². The number of rotatable bonds is 4. The van der Waals surface area contributed by atoms with Crippen molar-refractivity contribution in [2.75, 3.05) is 0 Å². The van der Waals surface area contributed by atoms with E-state index in [9.17, 15) is 8.78 Å². The molecule has 0 heterocycles. The van der Waals surface area contributed by atoms with Crippen LogP contribution in [-0.4, -0.2) is 0 Å². The second-order valence-electron chi connectivity index (χ2n) is 5.30. The molecule has 2 aliphatic rings. The van der Waals surface area contributed by atoms with Crippen LogP contribution >= 0.6 is 0 Å². The molecule has 0 atom stereocenters. The van der Waals surface area contributed by atoms with E-state index >= 15 is 0 Å². The van der Waals surface area contributed by atoms with Crippen LogP contribution in [-0.2, 0) is 12.8 Å². The average Bonchev–Trinajstić information content (AvgIpc) is 3.08. The standard InChI is InChI=1S/C18H16F2/c19-17-12-16(10-14-7-3-4-8-14)18(20)11-15(17)9-13-5-1-2-6-13/h1-5,7,11-12H,6,8-10H2. The van der Waals surface area contributed by atoms with Crippen molar-refractivity contribution < 1.29 is 8.78 Å². The van der Waals surface area contributed by atoms with Gasteiger partial charge in [0.2, 0.25) is 0 Å². The molecule has 0 nitrogen and oxygen atoms in total. The zero-order chi connectivity index (χ0) is 13.9. The fourth-order valence-corrected chi connectivity index (χ4v) is 2.63. The van der Waals surface area contributed by atoms with Crippen LogP contribution in [0.2, 0.25) is 0 Å². The van der Waals surface area contributed by atoms with Crippen LogP contribution in [0.15, 0.2) is 59.7 Å². The number of halogens is 2. The van der Waals surface area contributed by atoms with Gasteiger partial charge in [0.05, 0.1) is 0 Å². The fourth-order valence-electron chi connectivity index (χ4n) is 2.63. The molecule has 2 heteroatoms. The summed E-state index contributed by atoms with van der Waals surface area (Å²) in [5.74, 6) is -0.610. The van der Waals surface area contributed by atoms with Crippen molar-refractivity contribution in [3.05, 3.63) is 82.5 Å². The summed E-state index contributed by atoms with van der Waals surface area (Å²) < 4.78 is 28.2. The van der Waals surface area contributed by atoms with E-state index in [2.05, 4.69) is 0 Å². The first kappa shape index (κ1) is 13.0. The minimum absolute atomic E-state index is 0.305. The van der Waals surface area contributed by atoms with Gasteiger partial charge in [-0.3, -0.25) is 0 Å². The zero-order valence-corrected chi connectivity index (χ0v) is 11.2. The first-order valence-electron chi connectivity index (χ1n) is 6.88. The van der Waals surface area contributed by atoms with Gasteiger partial charge in [-0.05, 0) is 48.9 Å². The molecule has 2 aliphatic carbocycles. The Balaban J connectivity index is 1.78. The van der Waals surface area contributed by atoms with Crippen LogP contribution in [0.3, 0.4) is 0 Å². The highest BCUT2D eigenvalue weighted by atomic mass is 19.1. The Kier molecular flexibility index (Phi) is 3.64. The van der Waals surface area contributed by atoms with E-state index in [1.54, 1.807) is 0 Å². The molecular weight excluding hydrogens is 254 g/mol. The molecule has 1 aromatic rings. The minimum atomic E-state index is -0.305. The molecule has 0 fully saturated rings. The van der Waals surface area contributed by atoms with Gasteiger partial charge in [-0.1, -0.05) is 47.6 Å². The molecule has 0 N–H and O–H groups in total. The van der Waals surface area contributed by atoms with Gasteiger partial charge >= 0.3 is 0 Å². The Labute approximate surface area is 117 Å². The SMILES string of the molecule is Fc1cc(CC2=CC=CC2)c(F)cc1CC1=CC=CC1. The topological polar surface area (TPSA) is 0 Å². The zero-order valence-electron chi connectivity index (χ0n) is 11.2. The highest BCUT2D eigenvalue weighted by molar-refractivity contribution is 5.36. The molecule has 0 radical (unpaired) electrons. The minimum Gasteiger partial charge on any atom is -0.207 e. The second kappa shape index (κ2) is 5.58. The molecule has 0 spiro atoms. The predicted molar refractivity (Wildman–Crippen MR) is 77.4 cm³/mol. The lowest BCUT2D eigenvalue weighted by Crippen LogP contribution is -2.00. The van der Waals surface area contributed by atoms with Crippen LogP contribution in [0.4, 0.5) is 8.78 Å². The number of hydrogen-bond donors (Lipinski definition) is 0. The van der Waals surface area contributed by atoms with Crippen molar-refractivity contribution in [3.8, 4) is 0 Å². The van der Waals surface area contributed by atoms with Gasteiger partial charge in [0.1, 0.15) is 11.6 Å². The first-order chi connectivity index (χ1) is 9.72. The Morgan fingerprint density at radius 1 is 0.750 bits per heavy atom. The maximum atomic E-state index is 14.1. The highest BCUT2D eigenvalue weighted by Crippen LogP contribution is 2.24. The van der Waals surface area contributed by atoms with E-state index < -0.39 is 0 Å². The molecule has 102 valence electrons. The Morgan fingerprint density at radius 2 is 1.20 bits per heavy atom. The fraction of sp³-hybridized carbons (Fsp3) is 0.222. The highest BCUT2D eigenvalue weighted by Gasteiger charge is 2.13. The average molecular weight is 270 g/mol. The van der Waals surface area contributed by atoms with Crippen LogP contribution < -0.4 is 0 Å². The van der Waals surface area contributed by atoms with Crippen LogP contribution in [0.5, 0.6) is 0 Å². The summed E-state index contributed by atoms with van der Waals surface area (Å²) in [4.78, 5) is 0. The van der Waals surface area contributed by atoms with Gasteiger partial charge in [-0.25, -0.2) is 8.78 Å².